The second-order valence-corrected chi connectivity index (χ2v) is 5.49. The molecular weight excluding hydrogens is 301 g/mol. The molecule has 1 atom stereocenters. The van der Waals surface area contributed by atoms with Crippen LogP contribution in [-0.4, -0.2) is 7.05 Å². The highest BCUT2D eigenvalue weighted by Gasteiger charge is 2.17. The summed E-state index contributed by atoms with van der Waals surface area (Å²) in [6.07, 6.45) is 0.736. The van der Waals surface area contributed by atoms with E-state index in [-0.39, 0.29) is 6.04 Å². The van der Waals surface area contributed by atoms with Gasteiger partial charge in [-0.2, -0.15) is 0 Å². The van der Waals surface area contributed by atoms with Crippen molar-refractivity contribution in [2.75, 3.05) is 7.05 Å². The molecule has 0 bridgehead atoms. The minimum Gasteiger partial charge on any atom is -0.313 e. The molecule has 0 amide bonds. The summed E-state index contributed by atoms with van der Waals surface area (Å²) >= 11 is 18.7. The van der Waals surface area contributed by atoms with Crippen LogP contribution in [0, 0.1) is 0 Å². The number of hydrogen-bond donors (Lipinski definition) is 1. The Morgan fingerprint density at radius 3 is 2.05 bits per heavy atom. The molecule has 0 heterocycles. The maximum atomic E-state index is 6.25. The van der Waals surface area contributed by atoms with Crippen LogP contribution in [0.4, 0.5) is 0 Å². The predicted octanol–water partition coefficient (Wildman–Crippen LogP) is 5.15. The van der Waals surface area contributed by atoms with Crippen molar-refractivity contribution in [3.05, 3.63) is 68.7 Å². The first kappa shape index (κ1) is 14.7. The molecular formula is C15H14Cl3N. The van der Waals surface area contributed by atoms with E-state index in [9.17, 15) is 0 Å². The highest BCUT2D eigenvalue weighted by molar-refractivity contribution is 6.36. The van der Waals surface area contributed by atoms with Gasteiger partial charge in [-0.05, 0) is 37.2 Å². The van der Waals surface area contributed by atoms with E-state index in [1.165, 1.54) is 0 Å². The van der Waals surface area contributed by atoms with Crippen molar-refractivity contribution in [1.29, 1.82) is 0 Å². The molecule has 2 aromatic carbocycles. The Morgan fingerprint density at radius 1 is 0.895 bits per heavy atom. The lowest BCUT2D eigenvalue weighted by Gasteiger charge is -2.20. The summed E-state index contributed by atoms with van der Waals surface area (Å²) in [4.78, 5) is 0. The molecule has 0 aliphatic carbocycles. The monoisotopic (exact) mass is 313 g/mol. The van der Waals surface area contributed by atoms with Crippen molar-refractivity contribution >= 4 is 34.8 Å². The SMILES string of the molecule is CNC(Cc1ccccc1Cl)c1c(Cl)cccc1Cl. The van der Waals surface area contributed by atoms with Gasteiger partial charge in [-0.25, -0.2) is 0 Å². The normalized spacial score (nSPS) is 12.4. The third-order valence-corrected chi connectivity index (χ3v) is 4.11. The Kier molecular flexibility index (Phi) is 5.12. The third kappa shape index (κ3) is 3.43. The highest BCUT2D eigenvalue weighted by Crippen LogP contribution is 2.33. The lowest BCUT2D eigenvalue weighted by Crippen LogP contribution is -2.19. The summed E-state index contributed by atoms with van der Waals surface area (Å²) in [5.74, 6) is 0. The third-order valence-electron chi connectivity index (χ3n) is 3.08. The van der Waals surface area contributed by atoms with Crippen LogP contribution >= 0.6 is 34.8 Å². The fraction of sp³-hybridized carbons (Fsp3) is 0.200. The first-order chi connectivity index (χ1) is 9.13. The van der Waals surface area contributed by atoms with Gasteiger partial charge < -0.3 is 5.32 Å². The minimum absolute atomic E-state index is 0.0288. The second-order valence-electron chi connectivity index (χ2n) is 4.27. The number of rotatable bonds is 4. The summed E-state index contributed by atoms with van der Waals surface area (Å²) in [7, 11) is 1.89. The molecule has 0 saturated heterocycles. The average molecular weight is 315 g/mol. The molecule has 100 valence electrons. The van der Waals surface area contributed by atoms with Gasteiger partial charge in [0.15, 0.2) is 0 Å². The van der Waals surface area contributed by atoms with Crippen LogP contribution < -0.4 is 5.32 Å². The zero-order chi connectivity index (χ0) is 13.8. The summed E-state index contributed by atoms with van der Waals surface area (Å²) in [6.45, 7) is 0. The van der Waals surface area contributed by atoms with Crippen LogP contribution in [0.5, 0.6) is 0 Å². The summed E-state index contributed by atoms with van der Waals surface area (Å²) < 4.78 is 0. The van der Waals surface area contributed by atoms with Crippen LogP contribution in [0.15, 0.2) is 42.5 Å². The van der Waals surface area contributed by atoms with E-state index < -0.39 is 0 Å². The van der Waals surface area contributed by atoms with Crippen molar-refractivity contribution in [2.45, 2.75) is 12.5 Å². The van der Waals surface area contributed by atoms with E-state index >= 15 is 0 Å². The number of benzene rings is 2. The van der Waals surface area contributed by atoms with Crippen molar-refractivity contribution in [3.63, 3.8) is 0 Å². The highest BCUT2D eigenvalue weighted by atomic mass is 35.5. The molecule has 2 rings (SSSR count). The second kappa shape index (κ2) is 6.62. The number of hydrogen-bond acceptors (Lipinski definition) is 1. The fourth-order valence-corrected chi connectivity index (χ4v) is 2.95. The molecule has 0 aliphatic rings. The zero-order valence-electron chi connectivity index (χ0n) is 10.5. The van der Waals surface area contributed by atoms with Crippen molar-refractivity contribution in [3.8, 4) is 0 Å². The van der Waals surface area contributed by atoms with E-state index in [4.69, 9.17) is 34.8 Å². The van der Waals surface area contributed by atoms with Gasteiger partial charge >= 0.3 is 0 Å². The van der Waals surface area contributed by atoms with Crippen LogP contribution in [0.25, 0.3) is 0 Å². The lowest BCUT2D eigenvalue weighted by molar-refractivity contribution is 0.592. The van der Waals surface area contributed by atoms with E-state index in [1.54, 1.807) is 0 Å². The average Bonchev–Trinajstić information content (AvgIpc) is 2.39. The van der Waals surface area contributed by atoms with Gasteiger partial charge in [-0.1, -0.05) is 59.1 Å². The number of halogens is 3. The lowest BCUT2D eigenvalue weighted by atomic mass is 9.99. The van der Waals surface area contributed by atoms with Crippen LogP contribution in [0.1, 0.15) is 17.2 Å². The Hall–Kier alpha value is -0.730. The molecule has 0 radical (unpaired) electrons. The van der Waals surface area contributed by atoms with Gasteiger partial charge in [-0.15, -0.1) is 0 Å². The van der Waals surface area contributed by atoms with Crippen molar-refractivity contribution < 1.29 is 0 Å². The molecule has 0 fully saturated rings. The largest absolute Gasteiger partial charge is 0.313 e. The summed E-state index contributed by atoms with van der Waals surface area (Å²) in [5, 5.41) is 5.33. The molecule has 0 saturated carbocycles. The van der Waals surface area contributed by atoms with Gasteiger partial charge in [0.1, 0.15) is 0 Å². The standard InChI is InChI=1S/C15H14Cl3N/c1-19-14(9-10-5-2-3-6-11(10)16)15-12(17)7-4-8-13(15)18/h2-8,14,19H,9H2,1H3. The van der Waals surface area contributed by atoms with Gasteiger partial charge in [0.05, 0.1) is 0 Å². The first-order valence-corrected chi connectivity index (χ1v) is 7.11. The van der Waals surface area contributed by atoms with Gasteiger partial charge in [0, 0.05) is 26.7 Å². The zero-order valence-corrected chi connectivity index (χ0v) is 12.7. The van der Waals surface area contributed by atoms with E-state index in [1.807, 2.05) is 49.5 Å². The van der Waals surface area contributed by atoms with Crippen LogP contribution in [-0.2, 0) is 6.42 Å². The van der Waals surface area contributed by atoms with Gasteiger partial charge in [-0.3, -0.25) is 0 Å². The molecule has 0 spiro atoms. The van der Waals surface area contributed by atoms with Gasteiger partial charge in [0.25, 0.3) is 0 Å². The number of nitrogens with one attached hydrogen (secondary N) is 1. The molecule has 1 unspecified atom stereocenters. The van der Waals surface area contributed by atoms with Gasteiger partial charge in [0.2, 0.25) is 0 Å². The van der Waals surface area contributed by atoms with Crippen molar-refractivity contribution in [2.24, 2.45) is 0 Å². The van der Waals surface area contributed by atoms with E-state index in [0.29, 0.717) is 10.0 Å². The Balaban J connectivity index is 2.34. The summed E-state index contributed by atoms with van der Waals surface area (Å²) in [6, 6.07) is 13.4. The Labute approximate surface area is 128 Å². The Bertz CT molecular complexity index is 549. The van der Waals surface area contributed by atoms with E-state index in [2.05, 4.69) is 5.32 Å². The molecule has 2 aromatic rings. The molecule has 1 nitrogen and oxygen atoms in total. The van der Waals surface area contributed by atoms with E-state index in [0.717, 1.165) is 22.6 Å². The quantitative estimate of drug-likeness (QED) is 0.823. The minimum atomic E-state index is 0.0288. The molecule has 1 N–H and O–H groups in total. The Morgan fingerprint density at radius 2 is 1.47 bits per heavy atom. The molecule has 19 heavy (non-hydrogen) atoms. The maximum absolute atomic E-state index is 6.25. The van der Waals surface area contributed by atoms with Crippen LogP contribution in [0.2, 0.25) is 15.1 Å². The molecule has 4 heteroatoms. The number of likely N-dealkylation sites (N-methyl/N-ethyl adjacent to an activating group) is 1. The van der Waals surface area contributed by atoms with Crippen LogP contribution in [0.3, 0.4) is 0 Å². The first-order valence-electron chi connectivity index (χ1n) is 5.98. The molecule has 0 aliphatic heterocycles. The summed E-state index contributed by atoms with van der Waals surface area (Å²) in [5.41, 5.74) is 1.98. The maximum Gasteiger partial charge on any atom is 0.0468 e. The predicted molar refractivity (Wildman–Crippen MR) is 83.4 cm³/mol. The topological polar surface area (TPSA) is 12.0 Å². The smallest absolute Gasteiger partial charge is 0.0468 e. The van der Waals surface area contributed by atoms with Crippen molar-refractivity contribution in [1.82, 2.24) is 5.32 Å². The fourth-order valence-electron chi connectivity index (χ4n) is 2.08. The molecule has 0 aromatic heterocycles.